The molecule has 0 aliphatic carbocycles. The zero-order valence-electron chi connectivity index (χ0n) is 10.9. The summed E-state index contributed by atoms with van der Waals surface area (Å²) in [4.78, 5) is 10.8. The number of nitrogens with two attached hydrogens (primary N) is 1. The number of nitrogen functional groups attached to an aromatic ring is 1. The van der Waals surface area contributed by atoms with Crippen molar-refractivity contribution in [2.75, 3.05) is 5.73 Å². The summed E-state index contributed by atoms with van der Waals surface area (Å²) in [6, 6.07) is 1.66. The summed E-state index contributed by atoms with van der Waals surface area (Å²) < 4.78 is 0. The highest BCUT2D eigenvalue weighted by atomic mass is 16.6. The molecule has 0 spiro atoms. The van der Waals surface area contributed by atoms with E-state index in [1.54, 1.807) is 24.3 Å². The second-order valence-electron chi connectivity index (χ2n) is 4.17. The Kier molecular flexibility index (Phi) is 5.06. The van der Waals surface area contributed by atoms with E-state index in [9.17, 15) is 10.1 Å². The molecule has 0 amide bonds. The summed E-state index contributed by atoms with van der Waals surface area (Å²) in [5.74, 6) is 0. The average Bonchev–Trinajstić information content (AvgIpc) is 2.33. The van der Waals surface area contributed by atoms with Crippen LogP contribution in [0.3, 0.4) is 0 Å². The van der Waals surface area contributed by atoms with Gasteiger partial charge in [0.2, 0.25) is 0 Å². The molecule has 0 saturated heterocycles. The lowest BCUT2D eigenvalue weighted by atomic mass is 9.92. The first-order chi connectivity index (χ1) is 9.06. The lowest BCUT2D eigenvalue weighted by molar-refractivity contribution is -0.384. The molecular formula is C15H18N2O2. The number of hydrogen-bond donors (Lipinski definition) is 1. The Hall–Kier alpha value is -2.36. The molecule has 0 unspecified atom stereocenters. The minimum absolute atomic E-state index is 0.0236. The number of anilines is 1. The fourth-order valence-corrected chi connectivity index (χ4v) is 2.17. The predicted molar refractivity (Wildman–Crippen MR) is 79.2 cm³/mol. The first-order valence-electron chi connectivity index (χ1n) is 5.96. The first-order valence-corrected chi connectivity index (χ1v) is 5.96. The molecule has 1 rings (SSSR count). The van der Waals surface area contributed by atoms with E-state index in [2.05, 4.69) is 19.7 Å². The van der Waals surface area contributed by atoms with Gasteiger partial charge in [-0.25, -0.2) is 0 Å². The molecule has 4 nitrogen and oxygen atoms in total. The van der Waals surface area contributed by atoms with Crippen molar-refractivity contribution in [1.29, 1.82) is 0 Å². The maximum atomic E-state index is 11.2. The Morgan fingerprint density at radius 1 is 1.11 bits per heavy atom. The van der Waals surface area contributed by atoms with Crippen molar-refractivity contribution in [3.05, 3.63) is 70.8 Å². The zero-order valence-corrected chi connectivity index (χ0v) is 10.9. The van der Waals surface area contributed by atoms with Gasteiger partial charge in [-0.1, -0.05) is 18.2 Å². The van der Waals surface area contributed by atoms with E-state index in [0.717, 1.165) is 11.1 Å². The van der Waals surface area contributed by atoms with Crippen molar-refractivity contribution in [3.8, 4) is 0 Å². The summed E-state index contributed by atoms with van der Waals surface area (Å²) in [7, 11) is 0. The highest BCUT2D eigenvalue weighted by molar-refractivity contribution is 5.68. The smallest absolute Gasteiger partial charge is 0.295 e. The highest BCUT2D eigenvalue weighted by Gasteiger charge is 2.22. The largest absolute Gasteiger partial charge is 0.393 e. The highest BCUT2D eigenvalue weighted by Crippen LogP contribution is 2.33. The number of hydrogen-bond acceptors (Lipinski definition) is 3. The topological polar surface area (TPSA) is 69.2 Å². The van der Waals surface area contributed by atoms with Crippen molar-refractivity contribution in [2.45, 2.75) is 19.3 Å². The molecule has 2 N–H and O–H groups in total. The maximum Gasteiger partial charge on any atom is 0.295 e. The molecule has 100 valence electrons. The number of benzene rings is 1. The molecule has 0 heterocycles. The van der Waals surface area contributed by atoms with E-state index in [4.69, 9.17) is 5.73 Å². The standard InChI is InChI=1S/C15H18N2O2/c1-4-7-11-10-14(16)15(17(18)19)13(9-6-3)12(11)8-5-2/h4-6,10H,1-3,7-9,16H2. The summed E-state index contributed by atoms with van der Waals surface area (Å²) in [6.45, 7) is 11.1. The van der Waals surface area contributed by atoms with Gasteiger partial charge in [-0.2, -0.15) is 0 Å². The van der Waals surface area contributed by atoms with Gasteiger partial charge in [-0.3, -0.25) is 10.1 Å². The molecule has 4 heteroatoms. The fraction of sp³-hybridized carbons (Fsp3) is 0.200. The lowest BCUT2D eigenvalue weighted by Gasteiger charge is -2.14. The average molecular weight is 258 g/mol. The van der Waals surface area contributed by atoms with Crippen LogP contribution in [0.5, 0.6) is 0 Å². The molecule has 1 aromatic rings. The molecule has 0 fully saturated rings. The molecule has 1 aromatic carbocycles. The molecule has 0 saturated carbocycles. The van der Waals surface area contributed by atoms with Crippen LogP contribution in [0.1, 0.15) is 16.7 Å². The molecule has 0 aliphatic rings. The van der Waals surface area contributed by atoms with Gasteiger partial charge in [0.1, 0.15) is 5.69 Å². The van der Waals surface area contributed by atoms with Crippen molar-refractivity contribution >= 4 is 11.4 Å². The molecular weight excluding hydrogens is 240 g/mol. The molecule has 0 radical (unpaired) electrons. The number of nitro groups is 1. The van der Waals surface area contributed by atoms with E-state index in [1.807, 2.05) is 0 Å². The van der Waals surface area contributed by atoms with Gasteiger partial charge in [0.25, 0.3) is 5.69 Å². The second-order valence-corrected chi connectivity index (χ2v) is 4.17. The summed E-state index contributed by atoms with van der Waals surface area (Å²) >= 11 is 0. The van der Waals surface area contributed by atoms with Gasteiger partial charge in [0.15, 0.2) is 0 Å². The Morgan fingerprint density at radius 3 is 2.11 bits per heavy atom. The molecule has 0 aromatic heterocycles. The Morgan fingerprint density at radius 2 is 1.63 bits per heavy atom. The van der Waals surface area contributed by atoms with Crippen LogP contribution in [-0.2, 0) is 19.3 Å². The summed E-state index contributed by atoms with van der Waals surface area (Å²) in [6.07, 6.45) is 6.73. The monoisotopic (exact) mass is 258 g/mol. The third-order valence-electron chi connectivity index (χ3n) is 2.88. The van der Waals surface area contributed by atoms with Gasteiger partial charge in [-0.15, -0.1) is 19.7 Å². The SMILES string of the molecule is C=CCc1cc(N)c([N+](=O)[O-])c(CC=C)c1CC=C. The fourth-order valence-electron chi connectivity index (χ4n) is 2.17. The number of rotatable bonds is 7. The maximum absolute atomic E-state index is 11.2. The van der Waals surface area contributed by atoms with Crippen LogP contribution in [0.2, 0.25) is 0 Å². The van der Waals surface area contributed by atoms with Crippen molar-refractivity contribution < 1.29 is 4.92 Å². The van der Waals surface area contributed by atoms with Gasteiger partial charge in [-0.05, 0) is 36.5 Å². The van der Waals surface area contributed by atoms with Crippen LogP contribution >= 0.6 is 0 Å². The molecule has 19 heavy (non-hydrogen) atoms. The van der Waals surface area contributed by atoms with Crippen LogP contribution < -0.4 is 5.73 Å². The van der Waals surface area contributed by atoms with Crippen LogP contribution in [0.15, 0.2) is 44.0 Å². The van der Waals surface area contributed by atoms with E-state index in [0.29, 0.717) is 24.8 Å². The summed E-state index contributed by atoms with van der Waals surface area (Å²) in [5, 5.41) is 11.2. The summed E-state index contributed by atoms with van der Waals surface area (Å²) in [5.41, 5.74) is 8.45. The van der Waals surface area contributed by atoms with Crippen LogP contribution in [0, 0.1) is 10.1 Å². The minimum atomic E-state index is -0.432. The first kappa shape index (κ1) is 14.7. The minimum Gasteiger partial charge on any atom is -0.393 e. The van der Waals surface area contributed by atoms with Gasteiger partial charge < -0.3 is 5.73 Å². The van der Waals surface area contributed by atoms with Crippen molar-refractivity contribution in [2.24, 2.45) is 0 Å². The van der Waals surface area contributed by atoms with Crippen molar-refractivity contribution in [3.63, 3.8) is 0 Å². The zero-order chi connectivity index (χ0) is 14.4. The molecule has 0 aliphatic heterocycles. The van der Waals surface area contributed by atoms with E-state index >= 15 is 0 Å². The quantitative estimate of drug-likeness (QED) is 0.353. The van der Waals surface area contributed by atoms with Gasteiger partial charge >= 0.3 is 0 Å². The molecule has 0 bridgehead atoms. The number of nitrogens with zero attached hydrogens (tertiary/aromatic N) is 1. The van der Waals surface area contributed by atoms with Gasteiger partial charge in [0.05, 0.1) is 4.92 Å². The number of allylic oxidation sites excluding steroid dienone is 3. The number of nitro benzene ring substituents is 1. The Balaban J connectivity index is 3.62. The van der Waals surface area contributed by atoms with Crippen molar-refractivity contribution in [1.82, 2.24) is 0 Å². The Labute approximate surface area is 113 Å². The Bertz CT molecular complexity index is 533. The second kappa shape index (κ2) is 6.54. The predicted octanol–water partition coefficient (Wildman–Crippen LogP) is 3.36. The van der Waals surface area contributed by atoms with E-state index in [1.165, 1.54) is 0 Å². The normalized spacial score (nSPS) is 9.89. The third kappa shape index (κ3) is 3.10. The van der Waals surface area contributed by atoms with Crippen LogP contribution in [-0.4, -0.2) is 4.92 Å². The van der Waals surface area contributed by atoms with Crippen LogP contribution in [0.4, 0.5) is 11.4 Å². The van der Waals surface area contributed by atoms with E-state index in [-0.39, 0.29) is 11.4 Å². The van der Waals surface area contributed by atoms with Gasteiger partial charge in [0, 0.05) is 5.56 Å². The van der Waals surface area contributed by atoms with Crippen LogP contribution in [0.25, 0.3) is 0 Å². The molecule has 0 atom stereocenters. The van der Waals surface area contributed by atoms with E-state index < -0.39 is 4.92 Å². The lowest BCUT2D eigenvalue weighted by Crippen LogP contribution is -2.07. The third-order valence-corrected chi connectivity index (χ3v) is 2.88.